The molecule has 0 unspecified atom stereocenters. The van der Waals surface area contributed by atoms with Gasteiger partial charge in [-0.15, -0.1) is 0 Å². The second-order valence-electron chi connectivity index (χ2n) is 6.05. The molecule has 3 N–H and O–H groups in total. The number of ether oxygens (including phenoxy) is 1. The van der Waals surface area contributed by atoms with E-state index in [0.717, 1.165) is 16.5 Å². The summed E-state index contributed by atoms with van der Waals surface area (Å²) in [5.41, 5.74) is 2.36. The number of pyridine rings is 1. The Balaban J connectivity index is 1.49. The van der Waals surface area contributed by atoms with Crippen molar-refractivity contribution in [1.82, 2.24) is 9.97 Å². The van der Waals surface area contributed by atoms with E-state index in [2.05, 4.69) is 15.3 Å². The van der Waals surface area contributed by atoms with Crippen LogP contribution in [0.3, 0.4) is 0 Å². The quantitative estimate of drug-likeness (QED) is 0.508. The third kappa shape index (κ3) is 3.59. The molecule has 0 aliphatic rings. The zero-order chi connectivity index (χ0) is 18.6. The largest absolute Gasteiger partial charge is 0.483 e. The van der Waals surface area contributed by atoms with Gasteiger partial charge in [-0.25, -0.2) is 0 Å². The number of aromatic nitrogens is 2. The Morgan fingerprint density at radius 3 is 2.67 bits per heavy atom. The van der Waals surface area contributed by atoms with E-state index in [1.807, 2.05) is 54.6 Å². The van der Waals surface area contributed by atoms with Gasteiger partial charge in [0.25, 0.3) is 5.91 Å². The van der Waals surface area contributed by atoms with E-state index in [-0.39, 0.29) is 23.5 Å². The van der Waals surface area contributed by atoms with Crippen LogP contribution in [0.15, 0.2) is 77.9 Å². The highest BCUT2D eigenvalue weighted by atomic mass is 16.5. The predicted octanol–water partition coefficient (Wildman–Crippen LogP) is 3.69. The molecule has 0 saturated heterocycles. The van der Waals surface area contributed by atoms with Gasteiger partial charge in [-0.1, -0.05) is 36.4 Å². The molecule has 6 nitrogen and oxygen atoms in total. The molecule has 1 amide bonds. The molecule has 4 rings (SSSR count). The van der Waals surface area contributed by atoms with Gasteiger partial charge in [-0.05, 0) is 23.8 Å². The lowest BCUT2D eigenvalue weighted by atomic mass is 10.2. The van der Waals surface area contributed by atoms with E-state index >= 15 is 0 Å². The van der Waals surface area contributed by atoms with Crippen LogP contribution in [0.4, 0.5) is 5.69 Å². The van der Waals surface area contributed by atoms with Gasteiger partial charge >= 0.3 is 0 Å². The molecule has 0 aliphatic heterocycles. The van der Waals surface area contributed by atoms with Crippen molar-refractivity contribution in [2.75, 3.05) is 5.32 Å². The van der Waals surface area contributed by atoms with E-state index in [1.165, 1.54) is 12.3 Å². The van der Waals surface area contributed by atoms with Gasteiger partial charge < -0.3 is 20.0 Å². The summed E-state index contributed by atoms with van der Waals surface area (Å²) in [7, 11) is 0. The third-order valence-corrected chi connectivity index (χ3v) is 4.20. The number of H-pyrrole nitrogens is 2. The fourth-order valence-electron chi connectivity index (χ4n) is 2.82. The lowest BCUT2D eigenvalue weighted by Crippen LogP contribution is -2.17. The number of rotatable bonds is 5. The number of anilines is 1. The van der Waals surface area contributed by atoms with Crippen LogP contribution in [0.2, 0.25) is 0 Å². The van der Waals surface area contributed by atoms with Gasteiger partial charge in [0.15, 0.2) is 5.75 Å². The summed E-state index contributed by atoms with van der Waals surface area (Å²) in [6, 6.07) is 18.3. The number of carbonyl (C=O) groups excluding carboxylic acids is 1. The molecule has 0 atom stereocenters. The Morgan fingerprint density at radius 1 is 1.00 bits per heavy atom. The lowest BCUT2D eigenvalue weighted by molar-refractivity contribution is 0.102. The molecular formula is C21H17N3O3. The predicted molar refractivity (Wildman–Crippen MR) is 104 cm³/mol. The van der Waals surface area contributed by atoms with Crippen molar-refractivity contribution in [3.05, 3.63) is 94.5 Å². The Bertz CT molecular complexity index is 1150. The molecule has 0 radical (unpaired) electrons. The number of benzene rings is 2. The molecule has 0 saturated carbocycles. The average molecular weight is 359 g/mol. The van der Waals surface area contributed by atoms with Gasteiger partial charge in [0.1, 0.15) is 12.3 Å². The van der Waals surface area contributed by atoms with Crippen molar-refractivity contribution in [2.24, 2.45) is 0 Å². The van der Waals surface area contributed by atoms with Crippen LogP contribution in [0.1, 0.15) is 16.1 Å². The van der Waals surface area contributed by atoms with E-state index in [1.54, 1.807) is 6.20 Å². The molecule has 6 heteroatoms. The molecular weight excluding hydrogens is 342 g/mol. The topological polar surface area (TPSA) is 87.0 Å². The van der Waals surface area contributed by atoms with Gasteiger partial charge in [-0.3, -0.25) is 9.59 Å². The number of carbonyl (C=O) groups is 1. The first-order chi connectivity index (χ1) is 13.2. The molecule has 4 aromatic rings. The summed E-state index contributed by atoms with van der Waals surface area (Å²) in [6.07, 6.45) is 3.22. The lowest BCUT2D eigenvalue weighted by Gasteiger charge is -2.08. The summed E-state index contributed by atoms with van der Waals surface area (Å²) < 4.78 is 5.54. The van der Waals surface area contributed by atoms with Crippen LogP contribution in [0.5, 0.6) is 5.75 Å². The summed E-state index contributed by atoms with van der Waals surface area (Å²) >= 11 is 0. The minimum absolute atomic E-state index is 0.166. The second-order valence-corrected chi connectivity index (χ2v) is 6.05. The number of hydrogen-bond donors (Lipinski definition) is 3. The highest BCUT2D eigenvalue weighted by Gasteiger charge is 2.12. The van der Waals surface area contributed by atoms with Crippen molar-refractivity contribution < 1.29 is 9.53 Å². The number of nitrogens with one attached hydrogen (secondary N) is 3. The van der Waals surface area contributed by atoms with Crippen molar-refractivity contribution in [1.29, 1.82) is 0 Å². The summed E-state index contributed by atoms with van der Waals surface area (Å²) in [5, 5.41) is 3.72. The van der Waals surface area contributed by atoms with E-state index in [0.29, 0.717) is 5.69 Å². The molecule has 27 heavy (non-hydrogen) atoms. The van der Waals surface area contributed by atoms with Crippen LogP contribution in [-0.2, 0) is 6.61 Å². The number of hydrogen-bond acceptors (Lipinski definition) is 3. The normalized spacial score (nSPS) is 10.7. The first-order valence-electron chi connectivity index (χ1n) is 8.47. The van der Waals surface area contributed by atoms with Crippen molar-refractivity contribution in [3.63, 3.8) is 0 Å². The minimum atomic E-state index is -0.393. The van der Waals surface area contributed by atoms with Gasteiger partial charge in [0.2, 0.25) is 5.43 Å². The monoisotopic (exact) mass is 359 g/mol. The third-order valence-electron chi connectivity index (χ3n) is 4.20. The Labute approximate surface area is 154 Å². The van der Waals surface area contributed by atoms with Crippen molar-refractivity contribution in [3.8, 4) is 5.75 Å². The highest BCUT2D eigenvalue weighted by molar-refractivity contribution is 6.07. The molecule has 2 aromatic carbocycles. The van der Waals surface area contributed by atoms with E-state index in [4.69, 9.17) is 4.74 Å². The fraction of sp³-hybridized carbons (Fsp3) is 0.0476. The number of fused-ring (bicyclic) bond motifs is 1. The van der Waals surface area contributed by atoms with Gasteiger partial charge in [-0.2, -0.15) is 0 Å². The van der Waals surface area contributed by atoms with Crippen molar-refractivity contribution in [2.45, 2.75) is 6.61 Å². The maximum atomic E-state index is 12.5. The minimum Gasteiger partial charge on any atom is -0.483 e. The highest BCUT2D eigenvalue weighted by Crippen LogP contribution is 2.22. The van der Waals surface area contributed by atoms with Crippen molar-refractivity contribution >= 4 is 22.5 Å². The van der Waals surface area contributed by atoms with Gasteiger partial charge in [0.05, 0.1) is 5.69 Å². The average Bonchev–Trinajstić information content (AvgIpc) is 3.17. The maximum absolute atomic E-state index is 12.5. The SMILES string of the molecule is O=C(Nc1cccc2[nH]ccc12)c1cc(=O)c(OCc2ccccc2)c[nH]1. The van der Waals surface area contributed by atoms with E-state index in [9.17, 15) is 9.59 Å². The Morgan fingerprint density at radius 2 is 1.85 bits per heavy atom. The molecule has 0 fully saturated rings. The van der Waals surface area contributed by atoms with Crippen LogP contribution in [-0.4, -0.2) is 15.9 Å². The maximum Gasteiger partial charge on any atom is 0.272 e. The molecule has 0 spiro atoms. The van der Waals surface area contributed by atoms with Crippen LogP contribution in [0, 0.1) is 0 Å². The Hall–Kier alpha value is -3.80. The number of amides is 1. The van der Waals surface area contributed by atoms with Gasteiger partial charge in [0, 0.05) is 29.4 Å². The fourth-order valence-corrected chi connectivity index (χ4v) is 2.82. The first kappa shape index (κ1) is 16.7. The zero-order valence-corrected chi connectivity index (χ0v) is 14.4. The Kier molecular flexibility index (Phi) is 4.45. The number of aromatic amines is 2. The summed E-state index contributed by atoms with van der Waals surface area (Å²) in [4.78, 5) is 30.7. The first-order valence-corrected chi connectivity index (χ1v) is 8.47. The van der Waals surface area contributed by atoms with Crippen LogP contribution < -0.4 is 15.5 Å². The van der Waals surface area contributed by atoms with Crippen LogP contribution in [0.25, 0.3) is 10.9 Å². The molecule has 2 aromatic heterocycles. The molecule has 0 aliphatic carbocycles. The standard InChI is InChI=1S/C21H17N3O3/c25-19-11-18(23-12-20(19)27-13-14-5-2-1-3-6-14)21(26)24-17-8-4-7-16-15(17)9-10-22-16/h1-12,22H,13H2,(H,23,25)(H,24,26). The molecule has 0 bridgehead atoms. The molecule has 2 heterocycles. The molecule has 134 valence electrons. The smallest absolute Gasteiger partial charge is 0.272 e. The summed E-state index contributed by atoms with van der Waals surface area (Å²) in [6.45, 7) is 0.283. The van der Waals surface area contributed by atoms with E-state index < -0.39 is 5.91 Å². The zero-order valence-electron chi connectivity index (χ0n) is 14.4. The second kappa shape index (κ2) is 7.21. The van der Waals surface area contributed by atoms with Crippen LogP contribution >= 0.6 is 0 Å². The summed E-state index contributed by atoms with van der Waals surface area (Å²) in [5.74, 6) is -0.224.